The molecular formula is C14H19ClINO2. The molecule has 3 nitrogen and oxygen atoms in total. The second kappa shape index (κ2) is 8.76. The van der Waals surface area contributed by atoms with Crippen LogP contribution in [0.3, 0.4) is 0 Å². The minimum atomic E-state index is -0.211. The summed E-state index contributed by atoms with van der Waals surface area (Å²) >= 11 is 2.16. The van der Waals surface area contributed by atoms with Gasteiger partial charge in [-0.15, -0.1) is 12.4 Å². The van der Waals surface area contributed by atoms with Crippen molar-refractivity contribution in [1.82, 2.24) is 4.90 Å². The van der Waals surface area contributed by atoms with Gasteiger partial charge in [-0.25, -0.2) is 4.79 Å². The molecule has 2 rings (SSSR count). The molecule has 1 fully saturated rings. The molecule has 0 spiro atoms. The van der Waals surface area contributed by atoms with Crippen LogP contribution in [0.15, 0.2) is 24.3 Å². The van der Waals surface area contributed by atoms with Gasteiger partial charge in [0.1, 0.15) is 6.61 Å². The largest absolute Gasteiger partial charge is 0.461 e. The van der Waals surface area contributed by atoms with Crippen LogP contribution in [0, 0.1) is 3.57 Å². The van der Waals surface area contributed by atoms with Crippen LogP contribution in [0.1, 0.15) is 29.6 Å². The minimum Gasteiger partial charge on any atom is -0.461 e. The number of nitrogens with zero attached hydrogens (tertiary/aromatic N) is 1. The Labute approximate surface area is 134 Å². The topological polar surface area (TPSA) is 29.5 Å². The van der Waals surface area contributed by atoms with Gasteiger partial charge in [0.25, 0.3) is 0 Å². The summed E-state index contributed by atoms with van der Waals surface area (Å²) in [5.41, 5.74) is 0.664. The Morgan fingerprint density at radius 1 is 1.21 bits per heavy atom. The second-order valence-electron chi connectivity index (χ2n) is 4.52. The van der Waals surface area contributed by atoms with E-state index in [4.69, 9.17) is 4.74 Å². The molecule has 0 aromatic heterocycles. The van der Waals surface area contributed by atoms with Gasteiger partial charge >= 0.3 is 5.97 Å². The monoisotopic (exact) mass is 395 g/mol. The van der Waals surface area contributed by atoms with Crippen molar-refractivity contribution in [2.45, 2.75) is 19.3 Å². The maximum atomic E-state index is 11.9. The Morgan fingerprint density at radius 2 is 1.89 bits per heavy atom. The number of likely N-dealkylation sites (tertiary alicyclic amines) is 1. The molecule has 1 heterocycles. The Bertz CT molecular complexity index is 408. The number of benzene rings is 1. The Morgan fingerprint density at radius 3 is 2.58 bits per heavy atom. The number of carbonyl (C=O) groups excluding carboxylic acids is 1. The van der Waals surface area contributed by atoms with Crippen molar-refractivity contribution in [3.8, 4) is 0 Å². The summed E-state index contributed by atoms with van der Waals surface area (Å²) in [6.45, 7) is 3.62. The highest BCUT2D eigenvalue weighted by atomic mass is 127. The average molecular weight is 396 g/mol. The molecule has 0 radical (unpaired) electrons. The van der Waals surface area contributed by atoms with Gasteiger partial charge in [-0.3, -0.25) is 4.90 Å². The molecule has 0 bridgehead atoms. The summed E-state index contributed by atoms with van der Waals surface area (Å²) in [5.74, 6) is -0.211. The van der Waals surface area contributed by atoms with Crippen LogP contribution in [-0.4, -0.2) is 37.1 Å². The summed E-state index contributed by atoms with van der Waals surface area (Å²) in [6.07, 6.45) is 3.87. The molecule has 0 unspecified atom stereocenters. The molecular weight excluding hydrogens is 377 g/mol. The van der Waals surface area contributed by atoms with E-state index in [1.165, 1.54) is 19.3 Å². The SMILES string of the molecule is Cl.O=C(OCCN1CCCCC1)c1ccccc1I. The normalized spacial score (nSPS) is 15.6. The third kappa shape index (κ3) is 5.28. The first kappa shape index (κ1) is 16.7. The molecule has 106 valence electrons. The van der Waals surface area contributed by atoms with Crippen LogP contribution in [0.4, 0.5) is 0 Å². The molecule has 0 N–H and O–H groups in total. The van der Waals surface area contributed by atoms with Gasteiger partial charge in [-0.1, -0.05) is 18.6 Å². The van der Waals surface area contributed by atoms with Gasteiger partial charge in [-0.2, -0.15) is 0 Å². The second-order valence-corrected chi connectivity index (χ2v) is 5.68. The fourth-order valence-electron chi connectivity index (χ4n) is 2.15. The number of hydrogen-bond donors (Lipinski definition) is 0. The first-order chi connectivity index (χ1) is 8.77. The number of halogens is 2. The van der Waals surface area contributed by atoms with Gasteiger partial charge in [0.05, 0.1) is 5.56 Å². The number of rotatable bonds is 4. The molecule has 1 saturated heterocycles. The fraction of sp³-hybridized carbons (Fsp3) is 0.500. The van der Waals surface area contributed by atoms with E-state index < -0.39 is 0 Å². The summed E-state index contributed by atoms with van der Waals surface area (Å²) in [4.78, 5) is 14.2. The number of carbonyl (C=O) groups is 1. The lowest BCUT2D eigenvalue weighted by molar-refractivity contribution is 0.0451. The highest BCUT2D eigenvalue weighted by molar-refractivity contribution is 14.1. The van der Waals surface area contributed by atoms with E-state index in [9.17, 15) is 4.79 Å². The van der Waals surface area contributed by atoms with Gasteiger partial charge in [-0.05, 0) is 60.7 Å². The molecule has 0 amide bonds. The zero-order valence-electron chi connectivity index (χ0n) is 10.8. The molecule has 19 heavy (non-hydrogen) atoms. The van der Waals surface area contributed by atoms with Crippen LogP contribution < -0.4 is 0 Å². The number of hydrogen-bond acceptors (Lipinski definition) is 3. The third-order valence-corrected chi connectivity index (χ3v) is 4.12. The van der Waals surface area contributed by atoms with Crippen LogP contribution in [0.5, 0.6) is 0 Å². The van der Waals surface area contributed by atoms with Gasteiger partial charge in [0.15, 0.2) is 0 Å². The quantitative estimate of drug-likeness (QED) is 0.578. The lowest BCUT2D eigenvalue weighted by atomic mass is 10.1. The van der Waals surface area contributed by atoms with Crippen LogP contribution in [0.2, 0.25) is 0 Å². The maximum Gasteiger partial charge on any atom is 0.339 e. The van der Waals surface area contributed by atoms with Gasteiger partial charge in [0, 0.05) is 10.1 Å². The lowest BCUT2D eigenvalue weighted by Gasteiger charge is -2.25. The lowest BCUT2D eigenvalue weighted by Crippen LogP contribution is -2.33. The summed E-state index contributed by atoms with van der Waals surface area (Å²) < 4.78 is 6.27. The molecule has 0 atom stereocenters. The zero-order valence-corrected chi connectivity index (χ0v) is 13.8. The molecule has 5 heteroatoms. The molecule has 1 aromatic carbocycles. The molecule has 1 aliphatic rings. The molecule has 0 aliphatic carbocycles. The van der Waals surface area contributed by atoms with E-state index in [1.807, 2.05) is 24.3 Å². The third-order valence-electron chi connectivity index (χ3n) is 3.18. The zero-order chi connectivity index (χ0) is 12.8. The summed E-state index contributed by atoms with van der Waals surface area (Å²) in [6, 6.07) is 7.52. The summed E-state index contributed by atoms with van der Waals surface area (Å²) in [5, 5.41) is 0. The van der Waals surface area contributed by atoms with E-state index in [2.05, 4.69) is 27.5 Å². The number of piperidine rings is 1. The Balaban J connectivity index is 0.00000180. The van der Waals surface area contributed by atoms with Crippen molar-refractivity contribution >= 4 is 41.0 Å². The van der Waals surface area contributed by atoms with E-state index in [-0.39, 0.29) is 18.4 Å². The van der Waals surface area contributed by atoms with Gasteiger partial charge in [0.2, 0.25) is 0 Å². The first-order valence-corrected chi connectivity index (χ1v) is 7.49. The Kier molecular flexibility index (Phi) is 7.71. The van der Waals surface area contributed by atoms with Crippen LogP contribution >= 0.6 is 35.0 Å². The van der Waals surface area contributed by atoms with E-state index >= 15 is 0 Å². The van der Waals surface area contributed by atoms with Gasteiger partial charge < -0.3 is 4.74 Å². The predicted octanol–water partition coefficient (Wildman–Crippen LogP) is 3.36. The van der Waals surface area contributed by atoms with Crippen molar-refractivity contribution < 1.29 is 9.53 Å². The van der Waals surface area contributed by atoms with Crippen molar-refractivity contribution in [3.05, 3.63) is 33.4 Å². The predicted molar refractivity (Wildman–Crippen MR) is 87.0 cm³/mol. The highest BCUT2D eigenvalue weighted by Gasteiger charge is 2.13. The number of ether oxygens (including phenoxy) is 1. The van der Waals surface area contributed by atoms with Crippen molar-refractivity contribution in [2.24, 2.45) is 0 Å². The minimum absolute atomic E-state index is 0. The fourth-order valence-corrected chi connectivity index (χ4v) is 2.76. The van der Waals surface area contributed by atoms with Crippen molar-refractivity contribution in [2.75, 3.05) is 26.2 Å². The smallest absolute Gasteiger partial charge is 0.339 e. The highest BCUT2D eigenvalue weighted by Crippen LogP contribution is 2.13. The average Bonchev–Trinajstić information content (AvgIpc) is 2.40. The number of esters is 1. The molecule has 1 aromatic rings. The van der Waals surface area contributed by atoms with E-state index in [0.29, 0.717) is 12.2 Å². The summed E-state index contributed by atoms with van der Waals surface area (Å²) in [7, 11) is 0. The van der Waals surface area contributed by atoms with Crippen molar-refractivity contribution in [3.63, 3.8) is 0 Å². The molecule has 0 saturated carbocycles. The first-order valence-electron chi connectivity index (χ1n) is 6.41. The van der Waals surface area contributed by atoms with Crippen molar-refractivity contribution in [1.29, 1.82) is 0 Å². The van der Waals surface area contributed by atoms with E-state index in [0.717, 1.165) is 23.2 Å². The van der Waals surface area contributed by atoms with Crippen LogP contribution in [-0.2, 0) is 4.74 Å². The Hall–Kier alpha value is -0.330. The molecule has 1 aliphatic heterocycles. The van der Waals surface area contributed by atoms with E-state index in [1.54, 1.807) is 0 Å². The maximum absolute atomic E-state index is 11.9. The standard InChI is InChI=1S/C14H18INO2.ClH/c15-13-7-3-2-6-12(13)14(17)18-11-10-16-8-4-1-5-9-16;/h2-3,6-7H,1,4-5,8-11H2;1H. The van der Waals surface area contributed by atoms with Crippen LogP contribution in [0.25, 0.3) is 0 Å².